The number of anilines is 2. The van der Waals surface area contributed by atoms with Gasteiger partial charge in [0.25, 0.3) is 0 Å². The molecule has 0 unspecified atom stereocenters. The first-order valence-corrected chi connectivity index (χ1v) is 9.18. The summed E-state index contributed by atoms with van der Waals surface area (Å²) in [5, 5.41) is 1.30. The number of para-hydroxylation sites is 2. The SMILES string of the molecule is Nc1cc2cc(N)c(C(=O)Oc3ccccc3)cc2cc1C(=O)Oc1ccccc1. The normalized spacial score (nSPS) is 10.5. The van der Waals surface area contributed by atoms with E-state index >= 15 is 0 Å². The van der Waals surface area contributed by atoms with Gasteiger partial charge in [0.1, 0.15) is 11.5 Å². The van der Waals surface area contributed by atoms with Crippen LogP contribution in [0.15, 0.2) is 84.9 Å². The summed E-state index contributed by atoms with van der Waals surface area (Å²) in [6, 6.07) is 23.8. The number of hydrogen-bond acceptors (Lipinski definition) is 6. The van der Waals surface area contributed by atoms with Crippen molar-refractivity contribution in [3.63, 3.8) is 0 Å². The molecule has 0 heterocycles. The van der Waals surface area contributed by atoms with Gasteiger partial charge in [-0.2, -0.15) is 0 Å². The summed E-state index contributed by atoms with van der Waals surface area (Å²) in [6.45, 7) is 0. The molecule has 4 rings (SSSR count). The Morgan fingerprint density at radius 1 is 0.567 bits per heavy atom. The monoisotopic (exact) mass is 398 g/mol. The third kappa shape index (κ3) is 3.93. The van der Waals surface area contributed by atoms with Gasteiger partial charge in [0.2, 0.25) is 0 Å². The molecule has 148 valence electrons. The zero-order valence-electron chi connectivity index (χ0n) is 15.9. The van der Waals surface area contributed by atoms with Gasteiger partial charge in [-0.1, -0.05) is 36.4 Å². The van der Waals surface area contributed by atoms with Crippen molar-refractivity contribution in [1.82, 2.24) is 0 Å². The highest BCUT2D eigenvalue weighted by molar-refractivity contribution is 6.06. The van der Waals surface area contributed by atoms with Crippen LogP contribution in [0.1, 0.15) is 20.7 Å². The lowest BCUT2D eigenvalue weighted by Crippen LogP contribution is -2.13. The van der Waals surface area contributed by atoms with E-state index in [-0.39, 0.29) is 22.5 Å². The minimum absolute atomic E-state index is 0.193. The molecule has 0 fully saturated rings. The fourth-order valence-corrected chi connectivity index (χ4v) is 3.04. The molecule has 4 aromatic rings. The van der Waals surface area contributed by atoms with Crippen LogP contribution in [-0.2, 0) is 0 Å². The summed E-state index contributed by atoms with van der Waals surface area (Å²) in [7, 11) is 0. The van der Waals surface area contributed by atoms with Crippen LogP contribution in [0.4, 0.5) is 11.4 Å². The van der Waals surface area contributed by atoms with Crippen LogP contribution in [0, 0.1) is 0 Å². The lowest BCUT2D eigenvalue weighted by atomic mass is 10.0. The van der Waals surface area contributed by atoms with E-state index in [9.17, 15) is 9.59 Å². The van der Waals surface area contributed by atoms with Crippen LogP contribution < -0.4 is 20.9 Å². The number of fused-ring (bicyclic) bond motifs is 1. The molecule has 4 aromatic carbocycles. The lowest BCUT2D eigenvalue weighted by Gasteiger charge is -2.11. The zero-order valence-corrected chi connectivity index (χ0v) is 15.9. The van der Waals surface area contributed by atoms with Gasteiger partial charge in [0.05, 0.1) is 11.1 Å². The first-order chi connectivity index (χ1) is 14.5. The molecule has 0 aliphatic heterocycles. The Bertz CT molecular complexity index is 1140. The number of ether oxygens (including phenoxy) is 2. The van der Waals surface area contributed by atoms with Crippen molar-refractivity contribution in [2.24, 2.45) is 0 Å². The fourth-order valence-electron chi connectivity index (χ4n) is 3.04. The second-order valence-electron chi connectivity index (χ2n) is 6.63. The van der Waals surface area contributed by atoms with E-state index in [1.165, 1.54) is 0 Å². The Morgan fingerprint density at radius 2 is 0.933 bits per heavy atom. The number of nitrogens with two attached hydrogens (primary N) is 2. The minimum Gasteiger partial charge on any atom is -0.423 e. The number of carbonyl (C=O) groups is 2. The molecule has 0 aliphatic rings. The average Bonchev–Trinajstić information content (AvgIpc) is 2.74. The van der Waals surface area contributed by atoms with Crippen molar-refractivity contribution in [2.45, 2.75) is 0 Å². The van der Waals surface area contributed by atoms with Crippen LogP contribution >= 0.6 is 0 Å². The van der Waals surface area contributed by atoms with E-state index in [1.54, 1.807) is 72.8 Å². The van der Waals surface area contributed by atoms with Gasteiger partial charge in [0.15, 0.2) is 0 Å². The first-order valence-electron chi connectivity index (χ1n) is 9.18. The van der Waals surface area contributed by atoms with Crippen LogP contribution in [0.3, 0.4) is 0 Å². The Morgan fingerprint density at radius 3 is 1.33 bits per heavy atom. The summed E-state index contributed by atoms with van der Waals surface area (Å²) >= 11 is 0. The lowest BCUT2D eigenvalue weighted by molar-refractivity contribution is 0.0727. The van der Waals surface area contributed by atoms with Gasteiger partial charge >= 0.3 is 11.9 Å². The second-order valence-corrected chi connectivity index (χ2v) is 6.63. The van der Waals surface area contributed by atoms with Crippen molar-refractivity contribution in [3.05, 3.63) is 96.1 Å². The van der Waals surface area contributed by atoms with Crippen molar-refractivity contribution >= 4 is 34.1 Å². The van der Waals surface area contributed by atoms with Gasteiger partial charge in [-0.05, 0) is 59.3 Å². The maximum Gasteiger partial charge on any atom is 0.345 e. The summed E-state index contributed by atoms with van der Waals surface area (Å²) in [5.41, 5.74) is 13.0. The molecule has 30 heavy (non-hydrogen) atoms. The largest absolute Gasteiger partial charge is 0.423 e. The molecule has 0 bridgehead atoms. The van der Waals surface area contributed by atoms with Gasteiger partial charge in [0, 0.05) is 11.4 Å². The quantitative estimate of drug-likeness (QED) is 0.299. The standard InChI is InChI=1S/C24H18N2O4/c25-21-13-16-14-22(26)20(24(28)30-18-9-5-2-6-10-18)12-15(16)11-19(21)23(27)29-17-7-3-1-4-8-17/h1-14H,25-26H2. The third-order valence-corrected chi connectivity index (χ3v) is 4.52. The summed E-state index contributed by atoms with van der Waals surface area (Å²) in [5.74, 6) is -0.366. The molecule has 0 aromatic heterocycles. The molecule has 6 nitrogen and oxygen atoms in total. The Balaban J connectivity index is 1.67. The van der Waals surface area contributed by atoms with E-state index < -0.39 is 11.9 Å². The van der Waals surface area contributed by atoms with E-state index in [1.807, 2.05) is 12.1 Å². The molecular formula is C24H18N2O4. The van der Waals surface area contributed by atoms with E-state index in [4.69, 9.17) is 20.9 Å². The van der Waals surface area contributed by atoms with Gasteiger partial charge in [-0.3, -0.25) is 0 Å². The molecule has 0 aliphatic carbocycles. The molecule has 0 radical (unpaired) electrons. The van der Waals surface area contributed by atoms with Crippen LogP contribution in [0.2, 0.25) is 0 Å². The van der Waals surface area contributed by atoms with Crippen molar-refractivity contribution in [3.8, 4) is 11.5 Å². The van der Waals surface area contributed by atoms with Crippen molar-refractivity contribution in [2.75, 3.05) is 11.5 Å². The highest BCUT2D eigenvalue weighted by Crippen LogP contribution is 2.28. The maximum absolute atomic E-state index is 12.6. The number of esters is 2. The summed E-state index contributed by atoms with van der Waals surface area (Å²) < 4.78 is 10.8. The summed E-state index contributed by atoms with van der Waals surface area (Å²) in [4.78, 5) is 25.2. The molecule has 0 amide bonds. The third-order valence-electron chi connectivity index (χ3n) is 4.52. The number of hydrogen-bond donors (Lipinski definition) is 2. The van der Waals surface area contributed by atoms with E-state index in [2.05, 4.69) is 0 Å². The van der Waals surface area contributed by atoms with Gasteiger partial charge < -0.3 is 20.9 Å². The molecule has 0 atom stereocenters. The van der Waals surface area contributed by atoms with Gasteiger partial charge in [-0.15, -0.1) is 0 Å². The Labute approximate surface area is 172 Å². The number of benzene rings is 4. The molecule has 4 N–H and O–H groups in total. The zero-order chi connectivity index (χ0) is 21.1. The average molecular weight is 398 g/mol. The minimum atomic E-state index is -0.592. The summed E-state index contributed by atoms with van der Waals surface area (Å²) in [6.07, 6.45) is 0. The predicted molar refractivity (Wildman–Crippen MR) is 116 cm³/mol. The molecule has 0 saturated carbocycles. The van der Waals surface area contributed by atoms with Gasteiger partial charge in [-0.25, -0.2) is 9.59 Å². The number of carbonyl (C=O) groups excluding carboxylic acids is 2. The Kier molecular flexibility index (Phi) is 5.05. The molecule has 0 saturated heterocycles. The highest BCUT2D eigenvalue weighted by atomic mass is 16.5. The van der Waals surface area contributed by atoms with Crippen molar-refractivity contribution < 1.29 is 19.1 Å². The maximum atomic E-state index is 12.6. The fraction of sp³-hybridized carbons (Fsp3) is 0. The van der Waals surface area contributed by atoms with Crippen LogP contribution in [-0.4, -0.2) is 11.9 Å². The highest BCUT2D eigenvalue weighted by Gasteiger charge is 2.17. The second kappa shape index (κ2) is 7.97. The smallest absolute Gasteiger partial charge is 0.345 e. The Hall–Kier alpha value is -4.32. The van der Waals surface area contributed by atoms with E-state index in [0.717, 1.165) is 0 Å². The molecule has 0 spiro atoms. The topological polar surface area (TPSA) is 105 Å². The molecular weight excluding hydrogens is 380 g/mol. The molecule has 6 heteroatoms. The van der Waals surface area contributed by atoms with Crippen LogP contribution in [0.5, 0.6) is 11.5 Å². The van der Waals surface area contributed by atoms with Crippen LogP contribution in [0.25, 0.3) is 10.8 Å². The number of nitrogen functional groups attached to an aromatic ring is 2. The first kappa shape index (κ1) is 19.0. The predicted octanol–water partition coefficient (Wildman–Crippen LogP) is 4.44. The number of rotatable bonds is 4. The van der Waals surface area contributed by atoms with E-state index in [0.29, 0.717) is 22.3 Å². The van der Waals surface area contributed by atoms with Crippen molar-refractivity contribution in [1.29, 1.82) is 0 Å².